The molecule has 1 fully saturated rings. The molecule has 0 amide bonds. The average molecular weight is 309 g/mol. The van der Waals surface area contributed by atoms with Gasteiger partial charge in [0.2, 0.25) is 0 Å². The van der Waals surface area contributed by atoms with Crippen LogP contribution in [0.2, 0.25) is 0 Å². The van der Waals surface area contributed by atoms with Gasteiger partial charge in [-0.3, -0.25) is 4.68 Å². The number of aryl methyl sites for hydroxylation is 2. The van der Waals surface area contributed by atoms with Crippen LogP contribution in [0.3, 0.4) is 0 Å². The molecule has 0 aromatic carbocycles. The molecular formula is C16H25ClN4. The number of halogens is 1. The van der Waals surface area contributed by atoms with E-state index in [0.717, 1.165) is 41.4 Å². The van der Waals surface area contributed by atoms with Crippen molar-refractivity contribution in [1.29, 1.82) is 0 Å². The van der Waals surface area contributed by atoms with Gasteiger partial charge < -0.3 is 4.57 Å². The summed E-state index contributed by atoms with van der Waals surface area (Å²) in [7, 11) is 2.02. The van der Waals surface area contributed by atoms with E-state index in [1.807, 2.05) is 18.7 Å². The molecule has 5 heteroatoms. The van der Waals surface area contributed by atoms with Crippen molar-refractivity contribution in [1.82, 2.24) is 19.3 Å². The van der Waals surface area contributed by atoms with E-state index in [1.165, 1.54) is 19.3 Å². The summed E-state index contributed by atoms with van der Waals surface area (Å²) in [6.07, 6.45) is 6.03. The van der Waals surface area contributed by atoms with E-state index in [2.05, 4.69) is 23.5 Å². The molecule has 0 radical (unpaired) electrons. The van der Waals surface area contributed by atoms with Gasteiger partial charge in [-0.2, -0.15) is 5.10 Å². The van der Waals surface area contributed by atoms with Gasteiger partial charge in [0, 0.05) is 13.1 Å². The lowest BCUT2D eigenvalue weighted by Crippen LogP contribution is -2.15. The summed E-state index contributed by atoms with van der Waals surface area (Å²) in [6, 6.07) is 0.485. The molecule has 4 nitrogen and oxygen atoms in total. The summed E-state index contributed by atoms with van der Waals surface area (Å²) in [5, 5.41) is 4.56. The lowest BCUT2D eigenvalue weighted by atomic mass is 10.1. The van der Waals surface area contributed by atoms with Gasteiger partial charge in [0.15, 0.2) is 5.65 Å². The van der Waals surface area contributed by atoms with Crippen LogP contribution < -0.4 is 0 Å². The van der Waals surface area contributed by atoms with Crippen LogP contribution in [0.1, 0.15) is 69.4 Å². The third kappa shape index (κ3) is 2.59. The number of nitrogens with zero attached hydrogens (tertiary/aromatic N) is 4. The molecule has 2 aromatic heterocycles. The van der Waals surface area contributed by atoms with Gasteiger partial charge in [-0.1, -0.05) is 26.7 Å². The molecule has 1 saturated carbocycles. The molecule has 0 N–H and O–H groups in total. The van der Waals surface area contributed by atoms with Gasteiger partial charge in [0.25, 0.3) is 0 Å². The van der Waals surface area contributed by atoms with Gasteiger partial charge in [0.1, 0.15) is 11.3 Å². The number of alkyl halides is 1. The molecule has 0 spiro atoms. The van der Waals surface area contributed by atoms with Crippen molar-refractivity contribution < 1.29 is 0 Å². The van der Waals surface area contributed by atoms with Crippen LogP contribution in [0.5, 0.6) is 0 Å². The maximum atomic E-state index is 6.42. The first-order valence-corrected chi connectivity index (χ1v) is 8.58. The van der Waals surface area contributed by atoms with Crippen molar-refractivity contribution in [3.63, 3.8) is 0 Å². The average Bonchev–Trinajstić information content (AvgIpc) is 3.10. The summed E-state index contributed by atoms with van der Waals surface area (Å²) < 4.78 is 4.36. The minimum absolute atomic E-state index is 0.0737. The predicted molar refractivity (Wildman–Crippen MR) is 86.8 cm³/mol. The van der Waals surface area contributed by atoms with E-state index in [9.17, 15) is 0 Å². The van der Waals surface area contributed by atoms with Crippen LogP contribution >= 0.6 is 11.6 Å². The molecule has 116 valence electrons. The predicted octanol–water partition coefficient (Wildman–Crippen LogP) is 4.38. The van der Waals surface area contributed by atoms with Crippen molar-refractivity contribution in [3.05, 3.63) is 11.5 Å². The van der Waals surface area contributed by atoms with E-state index >= 15 is 0 Å². The second-order valence-electron chi connectivity index (χ2n) is 6.29. The minimum Gasteiger partial charge on any atom is -0.309 e. The van der Waals surface area contributed by atoms with Gasteiger partial charge >= 0.3 is 0 Å². The third-order valence-corrected chi connectivity index (χ3v) is 4.79. The van der Waals surface area contributed by atoms with Crippen LogP contribution in [-0.4, -0.2) is 19.3 Å². The van der Waals surface area contributed by atoms with E-state index < -0.39 is 0 Å². The van der Waals surface area contributed by atoms with Crippen molar-refractivity contribution >= 4 is 22.8 Å². The number of aromatic nitrogens is 4. The summed E-state index contributed by atoms with van der Waals surface area (Å²) >= 11 is 6.42. The Balaban J connectivity index is 2.16. The summed E-state index contributed by atoms with van der Waals surface area (Å²) in [6.45, 7) is 6.41. The van der Waals surface area contributed by atoms with Crippen LogP contribution in [-0.2, 0) is 13.5 Å². The molecule has 1 aliphatic rings. The number of hydrogen-bond donors (Lipinski definition) is 0. The highest BCUT2D eigenvalue weighted by Crippen LogP contribution is 2.40. The van der Waals surface area contributed by atoms with E-state index in [0.29, 0.717) is 6.04 Å². The number of imidazole rings is 1. The Morgan fingerprint density at radius 3 is 2.57 bits per heavy atom. The number of rotatable bonds is 6. The maximum Gasteiger partial charge on any atom is 0.158 e. The second-order valence-corrected chi connectivity index (χ2v) is 6.95. The Bertz CT molecular complexity index is 636. The topological polar surface area (TPSA) is 35.6 Å². The number of fused-ring (bicyclic) bond motifs is 1. The molecule has 21 heavy (non-hydrogen) atoms. The van der Waals surface area contributed by atoms with Gasteiger partial charge in [-0.05, 0) is 32.1 Å². The Morgan fingerprint density at radius 2 is 2.05 bits per heavy atom. The molecule has 3 rings (SSSR count). The SMILES string of the molecule is CCc1nn(C)c2c1nc(C(C)Cl)n2C(CC)CC1CC1. The Kier molecular flexibility index (Phi) is 4.00. The second kappa shape index (κ2) is 5.64. The van der Waals surface area contributed by atoms with E-state index in [4.69, 9.17) is 16.6 Å². The van der Waals surface area contributed by atoms with Gasteiger partial charge in [-0.25, -0.2) is 4.98 Å². The minimum atomic E-state index is -0.0737. The highest BCUT2D eigenvalue weighted by atomic mass is 35.5. The zero-order valence-electron chi connectivity index (χ0n) is 13.4. The van der Waals surface area contributed by atoms with E-state index in [1.54, 1.807) is 0 Å². The molecule has 0 aliphatic heterocycles. The molecule has 0 saturated heterocycles. The summed E-state index contributed by atoms with van der Waals surface area (Å²) in [5.41, 5.74) is 3.25. The maximum absolute atomic E-state index is 6.42. The highest BCUT2D eigenvalue weighted by molar-refractivity contribution is 6.20. The lowest BCUT2D eigenvalue weighted by molar-refractivity contribution is 0.419. The monoisotopic (exact) mass is 308 g/mol. The normalized spacial score (nSPS) is 18.3. The molecule has 1 aliphatic carbocycles. The van der Waals surface area contributed by atoms with E-state index in [-0.39, 0.29) is 5.38 Å². The van der Waals surface area contributed by atoms with Gasteiger partial charge in [0.05, 0.1) is 11.1 Å². The number of hydrogen-bond acceptors (Lipinski definition) is 2. The summed E-state index contributed by atoms with van der Waals surface area (Å²) in [4.78, 5) is 4.85. The summed E-state index contributed by atoms with van der Waals surface area (Å²) in [5.74, 6) is 1.90. The van der Waals surface area contributed by atoms with Crippen molar-refractivity contribution in [2.75, 3.05) is 0 Å². The first-order valence-electron chi connectivity index (χ1n) is 8.14. The Hall–Kier alpha value is -1.03. The molecule has 2 aromatic rings. The molecule has 2 unspecified atom stereocenters. The van der Waals surface area contributed by atoms with Gasteiger partial charge in [-0.15, -0.1) is 11.6 Å². The van der Waals surface area contributed by atoms with Crippen molar-refractivity contribution in [3.8, 4) is 0 Å². The standard InChI is InChI=1S/C16H25ClN4/c1-5-12(9-11-7-8-11)21-15(10(3)17)18-14-13(6-2)19-20(4)16(14)21/h10-12H,5-9H2,1-4H3. The fourth-order valence-electron chi connectivity index (χ4n) is 3.29. The van der Waals surface area contributed by atoms with Crippen LogP contribution in [0.4, 0.5) is 0 Å². The molecular weight excluding hydrogens is 284 g/mol. The molecule has 2 atom stereocenters. The smallest absolute Gasteiger partial charge is 0.158 e. The first-order chi connectivity index (χ1) is 10.1. The molecule has 2 heterocycles. The first kappa shape index (κ1) is 14.9. The quantitative estimate of drug-likeness (QED) is 0.742. The zero-order chi connectivity index (χ0) is 15.1. The zero-order valence-corrected chi connectivity index (χ0v) is 14.2. The Labute approximate surface area is 131 Å². The van der Waals surface area contributed by atoms with Crippen molar-refractivity contribution in [2.45, 2.75) is 64.3 Å². The molecule has 0 bridgehead atoms. The van der Waals surface area contributed by atoms with Crippen LogP contribution in [0.25, 0.3) is 11.2 Å². The lowest BCUT2D eigenvalue weighted by Gasteiger charge is -2.21. The fraction of sp³-hybridized carbons (Fsp3) is 0.750. The van der Waals surface area contributed by atoms with Crippen LogP contribution in [0.15, 0.2) is 0 Å². The van der Waals surface area contributed by atoms with Crippen molar-refractivity contribution in [2.24, 2.45) is 13.0 Å². The fourth-order valence-corrected chi connectivity index (χ4v) is 3.45. The third-order valence-electron chi connectivity index (χ3n) is 4.59. The largest absolute Gasteiger partial charge is 0.309 e. The van der Waals surface area contributed by atoms with Crippen LogP contribution in [0, 0.1) is 5.92 Å². The highest BCUT2D eigenvalue weighted by Gasteiger charge is 2.30. The Morgan fingerprint density at radius 1 is 1.33 bits per heavy atom.